The molecule has 2 amide bonds. The fraction of sp³-hybridized carbons (Fsp3) is 0.474. The van der Waals surface area contributed by atoms with Gasteiger partial charge < -0.3 is 19.9 Å². The third kappa shape index (κ3) is 3.21. The lowest BCUT2D eigenvalue weighted by Gasteiger charge is -2.20. The second-order valence-electron chi connectivity index (χ2n) is 6.81. The van der Waals surface area contributed by atoms with Crippen LogP contribution in [0.15, 0.2) is 28.8 Å². The highest BCUT2D eigenvalue weighted by Gasteiger charge is 2.29. The summed E-state index contributed by atoms with van der Waals surface area (Å²) < 4.78 is 11.1. The summed E-state index contributed by atoms with van der Waals surface area (Å²) in [5.74, 6) is 2.06. The van der Waals surface area contributed by atoms with Gasteiger partial charge in [-0.2, -0.15) is 0 Å². The van der Waals surface area contributed by atoms with E-state index in [-0.39, 0.29) is 18.0 Å². The molecule has 0 saturated carbocycles. The third-order valence-electron chi connectivity index (χ3n) is 5.15. The molecule has 1 aliphatic heterocycles. The Balaban J connectivity index is 1.33. The van der Waals surface area contributed by atoms with Crippen LogP contribution in [0, 0.1) is 0 Å². The maximum Gasteiger partial charge on any atom is 0.315 e. The lowest BCUT2D eigenvalue weighted by molar-refractivity contribution is 0.232. The summed E-state index contributed by atoms with van der Waals surface area (Å²) in [6.45, 7) is 3.00. The molecule has 2 aromatic rings. The quantitative estimate of drug-likeness (QED) is 0.896. The van der Waals surface area contributed by atoms with Crippen molar-refractivity contribution in [2.24, 2.45) is 0 Å². The van der Waals surface area contributed by atoms with E-state index in [4.69, 9.17) is 9.26 Å². The van der Waals surface area contributed by atoms with Crippen molar-refractivity contribution in [3.63, 3.8) is 0 Å². The fourth-order valence-electron chi connectivity index (χ4n) is 3.71. The summed E-state index contributed by atoms with van der Waals surface area (Å²) >= 11 is 0. The highest BCUT2D eigenvalue weighted by atomic mass is 16.5. The van der Waals surface area contributed by atoms with Crippen LogP contribution >= 0.6 is 0 Å². The molecule has 132 valence electrons. The summed E-state index contributed by atoms with van der Waals surface area (Å²) in [6, 6.07) is 7.78. The number of aryl methyl sites for hydroxylation is 1. The molecule has 1 aliphatic carbocycles. The number of nitrogens with zero attached hydrogens (tertiary/aromatic N) is 1. The van der Waals surface area contributed by atoms with Crippen LogP contribution in [-0.2, 0) is 19.4 Å². The van der Waals surface area contributed by atoms with Crippen molar-refractivity contribution < 1.29 is 14.1 Å². The number of urea groups is 1. The van der Waals surface area contributed by atoms with Crippen LogP contribution in [0.5, 0.6) is 5.75 Å². The molecule has 2 atom stereocenters. The summed E-state index contributed by atoms with van der Waals surface area (Å²) in [6.07, 6.45) is 4.25. The molecule has 0 bridgehead atoms. The van der Waals surface area contributed by atoms with E-state index in [1.807, 2.05) is 25.1 Å². The van der Waals surface area contributed by atoms with E-state index >= 15 is 0 Å². The van der Waals surface area contributed by atoms with Crippen LogP contribution in [-0.4, -0.2) is 23.8 Å². The monoisotopic (exact) mass is 341 g/mol. The van der Waals surface area contributed by atoms with Crippen LogP contribution in [0.4, 0.5) is 4.79 Å². The van der Waals surface area contributed by atoms with Gasteiger partial charge in [0, 0.05) is 29.5 Å². The van der Waals surface area contributed by atoms with E-state index in [2.05, 4.69) is 21.9 Å². The molecule has 2 N–H and O–H groups in total. The second-order valence-corrected chi connectivity index (χ2v) is 6.81. The normalized spacial score (nSPS) is 19.5. The Hall–Kier alpha value is -2.50. The van der Waals surface area contributed by atoms with Gasteiger partial charge in [-0.1, -0.05) is 23.4 Å². The number of fused-ring (bicyclic) bond motifs is 2. The average Bonchev–Trinajstić information content (AvgIpc) is 3.24. The molecular formula is C19H23N3O3. The first-order chi connectivity index (χ1) is 12.2. The molecular weight excluding hydrogens is 318 g/mol. The minimum absolute atomic E-state index is 0.0186. The first-order valence-electron chi connectivity index (χ1n) is 8.95. The van der Waals surface area contributed by atoms with Gasteiger partial charge in [-0.15, -0.1) is 0 Å². The van der Waals surface area contributed by atoms with Crippen LogP contribution in [0.1, 0.15) is 48.3 Å². The standard InChI is InChI=1S/C19H23N3O3/c1-12(15-11-24-17-8-4-2-6-13(15)17)21-19(23)20-10-16-14-7-3-5-9-18(14)25-22-16/h2,4,6,8,12,15H,3,5,7,9-11H2,1H3,(H2,20,21,23)/t12-,15+/m1/s1. The number of hydrogen-bond acceptors (Lipinski definition) is 4. The lowest BCUT2D eigenvalue weighted by atomic mass is 9.94. The van der Waals surface area contributed by atoms with Crippen molar-refractivity contribution in [1.82, 2.24) is 15.8 Å². The molecule has 2 heterocycles. The van der Waals surface area contributed by atoms with Gasteiger partial charge in [-0.3, -0.25) is 0 Å². The van der Waals surface area contributed by atoms with Gasteiger partial charge in [0.05, 0.1) is 13.2 Å². The number of carbonyl (C=O) groups is 1. The van der Waals surface area contributed by atoms with E-state index < -0.39 is 0 Å². The van der Waals surface area contributed by atoms with E-state index in [0.717, 1.165) is 48.5 Å². The number of carbonyl (C=O) groups excluding carboxylic acids is 1. The van der Waals surface area contributed by atoms with Crippen LogP contribution < -0.4 is 15.4 Å². The Morgan fingerprint density at radius 3 is 3.08 bits per heavy atom. The average molecular weight is 341 g/mol. The molecule has 0 spiro atoms. The fourth-order valence-corrected chi connectivity index (χ4v) is 3.71. The SMILES string of the molecule is C[C@@H](NC(=O)NCc1noc2c1CCCC2)[C@@H]1COc2ccccc21. The molecule has 0 fully saturated rings. The molecule has 1 aromatic heterocycles. The third-order valence-corrected chi connectivity index (χ3v) is 5.15. The number of para-hydroxylation sites is 1. The summed E-state index contributed by atoms with van der Waals surface area (Å²) in [7, 11) is 0. The summed E-state index contributed by atoms with van der Waals surface area (Å²) in [4.78, 5) is 12.3. The number of hydrogen-bond donors (Lipinski definition) is 2. The summed E-state index contributed by atoms with van der Waals surface area (Å²) in [5, 5.41) is 10.0. The zero-order valence-electron chi connectivity index (χ0n) is 14.4. The van der Waals surface area contributed by atoms with Gasteiger partial charge in [0.25, 0.3) is 0 Å². The smallest absolute Gasteiger partial charge is 0.315 e. The molecule has 4 rings (SSSR count). The van der Waals surface area contributed by atoms with Crippen LogP contribution in [0.25, 0.3) is 0 Å². The Morgan fingerprint density at radius 2 is 2.16 bits per heavy atom. The van der Waals surface area contributed by atoms with Gasteiger partial charge in [-0.25, -0.2) is 4.79 Å². The van der Waals surface area contributed by atoms with E-state index in [0.29, 0.717) is 13.2 Å². The number of aromatic nitrogens is 1. The largest absolute Gasteiger partial charge is 0.493 e. The van der Waals surface area contributed by atoms with Crippen LogP contribution in [0.2, 0.25) is 0 Å². The lowest BCUT2D eigenvalue weighted by Crippen LogP contribution is -2.43. The van der Waals surface area contributed by atoms with Crippen molar-refractivity contribution in [3.8, 4) is 5.75 Å². The van der Waals surface area contributed by atoms with Crippen molar-refractivity contribution in [2.75, 3.05) is 6.61 Å². The van der Waals surface area contributed by atoms with Gasteiger partial charge in [0.1, 0.15) is 17.2 Å². The molecule has 6 heteroatoms. The molecule has 6 nitrogen and oxygen atoms in total. The van der Waals surface area contributed by atoms with E-state index in [1.54, 1.807) is 0 Å². The number of benzene rings is 1. The topological polar surface area (TPSA) is 76.4 Å². The van der Waals surface area contributed by atoms with Crippen molar-refractivity contribution in [3.05, 3.63) is 46.8 Å². The highest BCUT2D eigenvalue weighted by molar-refractivity contribution is 5.74. The number of amides is 2. The zero-order chi connectivity index (χ0) is 17.2. The van der Waals surface area contributed by atoms with Crippen molar-refractivity contribution >= 4 is 6.03 Å². The number of ether oxygens (including phenoxy) is 1. The maximum atomic E-state index is 12.3. The van der Waals surface area contributed by atoms with Gasteiger partial charge >= 0.3 is 6.03 Å². The van der Waals surface area contributed by atoms with Gasteiger partial charge in [-0.05, 0) is 32.3 Å². The van der Waals surface area contributed by atoms with Crippen LogP contribution in [0.3, 0.4) is 0 Å². The molecule has 25 heavy (non-hydrogen) atoms. The van der Waals surface area contributed by atoms with Crippen molar-refractivity contribution in [1.29, 1.82) is 0 Å². The van der Waals surface area contributed by atoms with E-state index in [9.17, 15) is 4.79 Å². The minimum Gasteiger partial charge on any atom is -0.493 e. The zero-order valence-corrected chi connectivity index (χ0v) is 14.4. The predicted molar refractivity (Wildman–Crippen MR) is 92.7 cm³/mol. The minimum atomic E-state index is -0.190. The van der Waals surface area contributed by atoms with E-state index in [1.165, 1.54) is 5.56 Å². The van der Waals surface area contributed by atoms with Crippen molar-refractivity contribution in [2.45, 2.75) is 51.1 Å². The Kier molecular flexibility index (Phi) is 4.34. The number of rotatable bonds is 4. The molecule has 0 saturated heterocycles. The molecule has 0 radical (unpaired) electrons. The Labute approximate surface area is 146 Å². The first-order valence-corrected chi connectivity index (χ1v) is 8.95. The van der Waals surface area contributed by atoms with Gasteiger partial charge in [0.15, 0.2) is 0 Å². The Bertz CT molecular complexity index is 771. The predicted octanol–water partition coefficient (Wildman–Crippen LogP) is 2.92. The summed E-state index contributed by atoms with van der Waals surface area (Å²) in [5.41, 5.74) is 3.19. The molecule has 2 aliphatic rings. The highest BCUT2D eigenvalue weighted by Crippen LogP contribution is 2.35. The Morgan fingerprint density at radius 1 is 1.32 bits per heavy atom. The molecule has 1 aromatic carbocycles. The molecule has 0 unspecified atom stereocenters. The second kappa shape index (κ2) is 6.78. The number of nitrogens with one attached hydrogen (secondary N) is 2. The maximum absolute atomic E-state index is 12.3. The van der Waals surface area contributed by atoms with Gasteiger partial charge in [0.2, 0.25) is 0 Å². The first kappa shape index (κ1) is 16.0.